The van der Waals surface area contributed by atoms with Gasteiger partial charge in [0.15, 0.2) is 6.73 Å². The van der Waals surface area contributed by atoms with Gasteiger partial charge in [-0.3, -0.25) is 9.69 Å². The number of hydrogen-bond donors (Lipinski definition) is 0. The highest BCUT2D eigenvalue weighted by Crippen LogP contribution is 2.29. The Labute approximate surface area is 127 Å². The van der Waals surface area contributed by atoms with Crippen LogP contribution in [-0.4, -0.2) is 34.6 Å². The van der Waals surface area contributed by atoms with Crippen molar-refractivity contribution in [3.8, 4) is 0 Å². The topological polar surface area (TPSA) is 55.8 Å². The van der Waals surface area contributed by atoms with E-state index in [9.17, 15) is 9.59 Å². The summed E-state index contributed by atoms with van der Waals surface area (Å²) < 4.78 is 11.0. The Kier molecular flexibility index (Phi) is 4.76. The maximum absolute atomic E-state index is 12.7. The van der Waals surface area contributed by atoms with Crippen molar-refractivity contribution < 1.29 is 19.1 Å². The molecule has 0 saturated carbocycles. The first-order chi connectivity index (χ1) is 9.38. The first-order valence-corrected chi connectivity index (χ1v) is 7.27. The maximum Gasteiger partial charge on any atom is 0.332 e. The summed E-state index contributed by atoms with van der Waals surface area (Å²) in [6.07, 6.45) is 0. The van der Waals surface area contributed by atoms with Crippen molar-refractivity contribution in [1.82, 2.24) is 4.90 Å². The summed E-state index contributed by atoms with van der Waals surface area (Å²) in [4.78, 5) is 26.5. The Hall–Kier alpha value is -1.52. The third-order valence-corrected chi connectivity index (χ3v) is 3.42. The largest absolute Gasteiger partial charge is 0.477 e. The van der Waals surface area contributed by atoms with Crippen molar-refractivity contribution in [2.75, 3.05) is 6.73 Å². The molecule has 0 saturated heterocycles. The molecule has 0 atom stereocenters. The molecule has 1 heterocycles. The van der Waals surface area contributed by atoms with E-state index < -0.39 is 17.1 Å². The van der Waals surface area contributed by atoms with Gasteiger partial charge in [0.05, 0.1) is 5.57 Å². The van der Waals surface area contributed by atoms with E-state index in [0.29, 0.717) is 11.3 Å². The van der Waals surface area contributed by atoms with Crippen molar-refractivity contribution in [2.24, 2.45) is 5.92 Å². The number of allylic oxidation sites excluding steroid dienone is 1. The lowest BCUT2D eigenvalue weighted by Crippen LogP contribution is -2.57. The van der Waals surface area contributed by atoms with E-state index in [0.717, 1.165) is 0 Å². The number of esters is 1. The van der Waals surface area contributed by atoms with Gasteiger partial charge in [0, 0.05) is 0 Å². The second-order valence-electron chi connectivity index (χ2n) is 7.19. The number of nitrogens with zero attached hydrogens (tertiary/aromatic N) is 1. The summed E-state index contributed by atoms with van der Waals surface area (Å²) in [5, 5.41) is 0. The van der Waals surface area contributed by atoms with Gasteiger partial charge in [0.1, 0.15) is 16.9 Å². The van der Waals surface area contributed by atoms with Crippen LogP contribution >= 0.6 is 0 Å². The van der Waals surface area contributed by atoms with Crippen LogP contribution in [-0.2, 0) is 19.1 Å². The summed E-state index contributed by atoms with van der Waals surface area (Å²) >= 11 is 0. The molecule has 0 radical (unpaired) electrons. The molecule has 0 bridgehead atoms. The lowest BCUT2D eigenvalue weighted by molar-refractivity contribution is -0.176. The molecule has 0 unspecified atom stereocenters. The van der Waals surface area contributed by atoms with Gasteiger partial charge in [0.2, 0.25) is 0 Å². The summed E-state index contributed by atoms with van der Waals surface area (Å²) in [6.45, 7) is 14.5. The predicted molar refractivity (Wildman–Crippen MR) is 80.3 cm³/mol. The van der Waals surface area contributed by atoms with E-state index in [1.165, 1.54) is 4.90 Å². The minimum Gasteiger partial charge on any atom is -0.477 e. The first-order valence-electron chi connectivity index (χ1n) is 7.27. The maximum atomic E-state index is 12.7. The predicted octanol–water partition coefficient (Wildman–Crippen LogP) is 2.85. The quantitative estimate of drug-likeness (QED) is 0.752. The van der Waals surface area contributed by atoms with E-state index in [4.69, 9.17) is 9.47 Å². The van der Waals surface area contributed by atoms with Gasteiger partial charge in [-0.05, 0) is 47.5 Å². The molecular weight excluding hydrogens is 270 g/mol. The van der Waals surface area contributed by atoms with Crippen molar-refractivity contribution in [3.05, 3.63) is 11.3 Å². The van der Waals surface area contributed by atoms with E-state index >= 15 is 0 Å². The molecule has 0 aromatic heterocycles. The van der Waals surface area contributed by atoms with Gasteiger partial charge in [-0.2, -0.15) is 0 Å². The highest BCUT2D eigenvalue weighted by Gasteiger charge is 2.44. The normalized spacial score (nSPS) is 17.2. The smallest absolute Gasteiger partial charge is 0.332 e. The molecule has 120 valence electrons. The molecular formula is C16H27NO4. The van der Waals surface area contributed by atoms with Crippen LogP contribution in [0.3, 0.4) is 0 Å². The zero-order chi connectivity index (χ0) is 16.6. The number of carbonyl (C=O) groups is 2. The minimum atomic E-state index is -1.08. The molecule has 0 aliphatic carbocycles. The van der Waals surface area contributed by atoms with Crippen LogP contribution in [0, 0.1) is 5.92 Å². The Morgan fingerprint density at radius 1 is 1.24 bits per heavy atom. The standard InChI is InChI=1S/C16H27NO4/c1-10(2)12-11(3)20-9-17(13(12)18)16(7,8)14(19)21-15(4,5)6/h10H,9H2,1-8H3. The molecule has 5 heteroatoms. The van der Waals surface area contributed by atoms with Crippen LogP contribution in [0.25, 0.3) is 0 Å². The molecule has 0 aromatic rings. The van der Waals surface area contributed by atoms with Crippen LogP contribution in [0.15, 0.2) is 11.3 Å². The average molecular weight is 297 g/mol. The Bertz CT molecular complexity index is 469. The molecule has 0 aromatic carbocycles. The minimum absolute atomic E-state index is 0.0368. The third kappa shape index (κ3) is 3.77. The lowest BCUT2D eigenvalue weighted by atomic mass is 9.95. The fourth-order valence-electron chi connectivity index (χ4n) is 2.18. The van der Waals surface area contributed by atoms with Gasteiger partial charge in [-0.15, -0.1) is 0 Å². The number of amides is 1. The number of ether oxygens (including phenoxy) is 2. The van der Waals surface area contributed by atoms with Crippen LogP contribution in [0.5, 0.6) is 0 Å². The van der Waals surface area contributed by atoms with Crippen molar-refractivity contribution in [1.29, 1.82) is 0 Å². The number of carbonyl (C=O) groups excluding carboxylic acids is 2. The number of hydrogen-bond acceptors (Lipinski definition) is 4. The molecule has 0 N–H and O–H groups in total. The molecule has 1 amide bonds. The van der Waals surface area contributed by atoms with Gasteiger partial charge in [-0.25, -0.2) is 4.79 Å². The van der Waals surface area contributed by atoms with Gasteiger partial charge < -0.3 is 9.47 Å². The second-order valence-corrected chi connectivity index (χ2v) is 7.19. The van der Waals surface area contributed by atoms with Crippen LogP contribution in [0.2, 0.25) is 0 Å². The molecule has 1 rings (SSSR count). The molecule has 0 fully saturated rings. The van der Waals surface area contributed by atoms with Crippen LogP contribution in [0.1, 0.15) is 55.4 Å². The molecule has 1 aliphatic heterocycles. The molecule has 21 heavy (non-hydrogen) atoms. The van der Waals surface area contributed by atoms with Gasteiger partial charge >= 0.3 is 5.97 Å². The Morgan fingerprint density at radius 3 is 2.19 bits per heavy atom. The van der Waals surface area contributed by atoms with Crippen LogP contribution in [0.4, 0.5) is 0 Å². The van der Waals surface area contributed by atoms with E-state index in [2.05, 4.69) is 0 Å². The molecule has 1 aliphatic rings. The monoisotopic (exact) mass is 297 g/mol. The molecule has 5 nitrogen and oxygen atoms in total. The third-order valence-electron chi connectivity index (χ3n) is 3.42. The van der Waals surface area contributed by atoms with Crippen molar-refractivity contribution in [2.45, 2.75) is 66.5 Å². The highest BCUT2D eigenvalue weighted by atomic mass is 16.6. The summed E-state index contributed by atoms with van der Waals surface area (Å²) in [5.74, 6) is 0.0696. The van der Waals surface area contributed by atoms with Gasteiger partial charge in [0.25, 0.3) is 5.91 Å². The Balaban J connectivity index is 3.05. The lowest BCUT2D eigenvalue weighted by Gasteiger charge is -2.41. The van der Waals surface area contributed by atoms with Crippen molar-refractivity contribution >= 4 is 11.9 Å². The second kappa shape index (κ2) is 5.70. The van der Waals surface area contributed by atoms with Gasteiger partial charge in [-0.1, -0.05) is 13.8 Å². The SMILES string of the molecule is CC1=C(C(C)C)C(=O)N(C(C)(C)C(=O)OC(C)(C)C)CO1. The molecule has 0 spiro atoms. The van der Waals surface area contributed by atoms with Crippen LogP contribution < -0.4 is 0 Å². The van der Waals surface area contributed by atoms with E-state index in [1.807, 2.05) is 13.8 Å². The summed E-state index contributed by atoms with van der Waals surface area (Å²) in [7, 11) is 0. The number of rotatable bonds is 3. The fourth-order valence-corrected chi connectivity index (χ4v) is 2.18. The fraction of sp³-hybridized carbons (Fsp3) is 0.750. The first kappa shape index (κ1) is 17.5. The van der Waals surface area contributed by atoms with Crippen molar-refractivity contribution in [3.63, 3.8) is 0 Å². The summed E-state index contributed by atoms with van der Waals surface area (Å²) in [6, 6.07) is 0. The average Bonchev–Trinajstić information content (AvgIpc) is 2.25. The van der Waals surface area contributed by atoms with E-state index in [-0.39, 0.29) is 18.6 Å². The zero-order valence-electron chi connectivity index (χ0n) is 14.4. The Morgan fingerprint density at radius 2 is 1.76 bits per heavy atom. The highest BCUT2D eigenvalue weighted by molar-refractivity contribution is 5.98. The van der Waals surface area contributed by atoms with E-state index in [1.54, 1.807) is 41.5 Å². The zero-order valence-corrected chi connectivity index (χ0v) is 14.4. The summed E-state index contributed by atoms with van der Waals surface area (Å²) in [5.41, 5.74) is -1.07.